The Morgan fingerprint density at radius 1 is 0.833 bits per heavy atom. The van der Waals surface area contributed by atoms with E-state index in [1.807, 2.05) is 0 Å². The van der Waals surface area contributed by atoms with Gasteiger partial charge in [0.25, 0.3) is 0 Å². The van der Waals surface area contributed by atoms with Crippen molar-refractivity contribution in [3.63, 3.8) is 0 Å². The van der Waals surface area contributed by atoms with Gasteiger partial charge in [-0.05, 0) is 45.9 Å². The maximum atomic E-state index is 2.46. The van der Waals surface area contributed by atoms with Crippen molar-refractivity contribution >= 4 is 6.08 Å². The highest BCUT2D eigenvalue weighted by molar-refractivity contribution is 5.60. The third kappa shape index (κ3) is 2.53. The molecule has 0 radical (unpaired) electrons. The van der Waals surface area contributed by atoms with E-state index in [4.69, 9.17) is 0 Å². The molecular weight excluding hydrogens is 216 g/mol. The van der Waals surface area contributed by atoms with Crippen LogP contribution in [0.2, 0.25) is 0 Å². The van der Waals surface area contributed by atoms with E-state index in [2.05, 4.69) is 65.8 Å². The van der Waals surface area contributed by atoms with Gasteiger partial charge < -0.3 is 0 Å². The van der Waals surface area contributed by atoms with E-state index in [1.165, 1.54) is 35.1 Å². The van der Waals surface area contributed by atoms with Crippen molar-refractivity contribution in [1.82, 2.24) is 0 Å². The number of fused-ring (bicyclic) bond motifs is 1. The van der Waals surface area contributed by atoms with Crippen LogP contribution in [-0.2, 0) is 17.3 Å². The summed E-state index contributed by atoms with van der Waals surface area (Å²) >= 11 is 0. The van der Waals surface area contributed by atoms with Crippen molar-refractivity contribution in [2.24, 2.45) is 0 Å². The van der Waals surface area contributed by atoms with Crippen molar-refractivity contribution in [2.45, 2.75) is 65.2 Å². The highest BCUT2D eigenvalue weighted by Gasteiger charge is 2.26. The fourth-order valence-corrected chi connectivity index (χ4v) is 2.72. The first-order valence-electron chi connectivity index (χ1n) is 7.04. The Morgan fingerprint density at radius 2 is 1.39 bits per heavy atom. The Bertz CT molecular complexity index is 476. The molecule has 98 valence electrons. The zero-order valence-electron chi connectivity index (χ0n) is 12.7. The van der Waals surface area contributed by atoms with Gasteiger partial charge in [-0.3, -0.25) is 0 Å². The van der Waals surface area contributed by atoms with Crippen molar-refractivity contribution in [2.75, 3.05) is 0 Å². The van der Waals surface area contributed by atoms with Crippen LogP contribution in [0.4, 0.5) is 0 Å². The van der Waals surface area contributed by atoms with Crippen LogP contribution in [0.25, 0.3) is 6.08 Å². The van der Waals surface area contributed by atoms with Gasteiger partial charge in [-0.25, -0.2) is 0 Å². The second-order valence-corrected chi connectivity index (χ2v) is 7.54. The second kappa shape index (κ2) is 4.26. The molecule has 1 aromatic rings. The Kier molecular flexibility index (Phi) is 3.17. The largest absolute Gasteiger partial charge is 0.0836 e. The highest BCUT2D eigenvalue weighted by atomic mass is 14.3. The number of hydrogen-bond acceptors (Lipinski definition) is 0. The first kappa shape index (κ1) is 13.4. The SMILES string of the molecule is CC(C)(C)c1cc2c(cc1C(C)(C)C)CCC=C2. The van der Waals surface area contributed by atoms with Gasteiger partial charge >= 0.3 is 0 Å². The zero-order valence-corrected chi connectivity index (χ0v) is 12.7. The smallest absolute Gasteiger partial charge is 0.0129 e. The van der Waals surface area contributed by atoms with Gasteiger partial charge in [0.1, 0.15) is 0 Å². The molecule has 0 saturated heterocycles. The van der Waals surface area contributed by atoms with Crippen LogP contribution in [-0.4, -0.2) is 0 Å². The summed E-state index contributed by atoms with van der Waals surface area (Å²) in [7, 11) is 0. The maximum Gasteiger partial charge on any atom is -0.0129 e. The van der Waals surface area contributed by atoms with Gasteiger partial charge in [-0.1, -0.05) is 65.8 Å². The van der Waals surface area contributed by atoms with Gasteiger partial charge in [0.2, 0.25) is 0 Å². The molecular formula is C18H26. The standard InChI is InChI=1S/C18H26/c1-17(2,3)15-11-13-9-7-8-10-14(13)12-16(15)18(4,5)6/h7,9,11-12H,8,10H2,1-6H3. The first-order valence-corrected chi connectivity index (χ1v) is 7.04. The van der Waals surface area contributed by atoms with E-state index in [-0.39, 0.29) is 10.8 Å². The van der Waals surface area contributed by atoms with Crippen LogP contribution in [0, 0.1) is 0 Å². The van der Waals surface area contributed by atoms with Crippen molar-refractivity contribution in [3.05, 3.63) is 40.5 Å². The molecule has 0 unspecified atom stereocenters. The molecule has 0 amide bonds. The summed E-state index contributed by atoms with van der Waals surface area (Å²) in [5.74, 6) is 0. The summed E-state index contributed by atoms with van der Waals surface area (Å²) < 4.78 is 0. The number of benzene rings is 1. The molecule has 0 fully saturated rings. The van der Waals surface area contributed by atoms with Gasteiger partial charge in [-0.15, -0.1) is 0 Å². The van der Waals surface area contributed by atoms with Crippen molar-refractivity contribution in [3.8, 4) is 0 Å². The summed E-state index contributed by atoms with van der Waals surface area (Å²) in [6.45, 7) is 13.9. The quantitative estimate of drug-likeness (QED) is 0.583. The van der Waals surface area contributed by atoms with Crippen LogP contribution >= 0.6 is 0 Å². The lowest BCUT2D eigenvalue weighted by Crippen LogP contribution is -2.23. The molecule has 0 aromatic heterocycles. The van der Waals surface area contributed by atoms with E-state index >= 15 is 0 Å². The summed E-state index contributed by atoms with van der Waals surface area (Å²) in [5, 5.41) is 0. The number of hydrogen-bond donors (Lipinski definition) is 0. The Balaban J connectivity index is 2.67. The van der Waals surface area contributed by atoms with Crippen LogP contribution in [0.3, 0.4) is 0 Å². The van der Waals surface area contributed by atoms with Crippen LogP contribution in [0.5, 0.6) is 0 Å². The molecule has 0 heterocycles. The first-order chi connectivity index (χ1) is 8.19. The van der Waals surface area contributed by atoms with Crippen molar-refractivity contribution < 1.29 is 0 Å². The fourth-order valence-electron chi connectivity index (χ4n) is 2.72. The summed E-state index contributed by atoms with van der Waals surface area (Å²) in [6.07, 6.45) is 6.97. The molecule has 1 aliphatic carbocycles. The van der Waals surface area contributed by atoms with Crippen LogP contribution < -0.4 is 0 Å². The normalized spacial score (nSPS) is 15.7. The van der Waals surface area contributed by atoms with Gasteiger partial charge in [0.15, 0.2) is 0 Å². The molecule has 0 N–H and O–H groups in total. The molecule has 0 nitrogen and oxygen atoms in total. The minimum absolute atomic E-state index is 0.211. The molecule has 0 heteroatoms. The van der Waals surface area contributed by atoms with Crippen molar-refractivity contribution in [1.29, 1.82) is 0 Å². The Morgan fingerprint density at radius 3 is 1.94 bits per heavy atom. The van der Waals surface area contributed by atoms with E-state index in [9.17, 15) is 0 Å². The fraction of sp³-hybridized carbons (Fsp3) is 0.556. The molecule has 0 saturated carbocycles. The molecule has 0 spiro atoms. The third-order valence-corrected chi connectivity index (χ3v) is 3.77. The average Bonchev–Trinajstić information content (AvgIpc) is 2.25. The minimum Gasteiger partial charge on any atom is -0.0836 e. The monoisotopic (exact) mass is 242 g/mol. The third-order valence-electron chi connectivity index (χ3n) is 3.77. The lowest BCUT2D eigenvalue weighted by Gasteiger charge is -2.32. The average molecular weight is 242 g/mol. The molecule has 1 aliphatic rings. The summed E-state index contributed by atoms with van der Waals surface area (Å²) in [5.41, 5.74) is 6.40. The Hall–Kier alpha value is -1.04. The minimum atomic E-state index is 0.211. The number of allylic oxidation sites excluding steroid dienone is 1. The second-order valence-electron chi connectivity index (χ2n) is 7.54. The molecule has 0 bridgehead atoms. The van der Waals surface area contributed by atoms with Gasteiger partial charge in [0, 0.05) is 0 Å². The topological polar surface area (TPSA) is 0 Å². The van der Waals surface area contributed by atoms with Gasteiger partial charge in [-0.2, -0.15) is 0 Å². The maximum absolute atomic E-state index is 2.46. The van der Waals surface area contributed by atoms with E-state index < -0.39 is 0 Å². The van der Waals surface area contributed by atoms with Crippen LogP contribution in [0.1, 0.15) is 70.2 Å². The highest BCUT2D eigenvalue weighted by Crippen LogP contribution is 2.37. The lowest BCUT2D eigenvalue weighted by atomic mass is 9.73. The lowest BCUT2D eigenvalue weighted by molar-refractivity contribution is 0.529. The molecule has 1 aromatic carbocycles. The molecule has 0 aliphatic heterocycles. The van der Waals surface area contributed by atoms with Gasteiger partial charge in [0.05, 0.1) is 0 Å². The molecule has 0 atom stereocenters. The molecule has 18 heavy (non-hydrogen) atoms. The van der Waals surface area contributed by atoms with E-state index in [0.717, 1.165) is 0 Å². The van der Waals surface area contributed by atoms with Crippen LogP contribution in [0.15, 0.2) is 18.2 Å². The summed E-state index contributed by atoms with van der Waals surface area (Å²) in [6, 6.07) is 4.88. The van der Waals surface area contributed by atoms with E-state index in [0.29, 0.717) is 0 Å². The number of aryl methyl sites for hydroxylation is 1. The predicted octanol–water partition coefficient (Wildman–Crippen LogP) is 5.24. The zero-order chi connectivity index (χ0) is 13.6. The van der Waals surface area contributed by atoms with E-state index in [1.54, 1.807) is 0 Å². The summed E-state index contributed by atoms with van der Waals surface area (Å²) in [4.78, 5) is 0. The molecule has 2 rings (SSSR count). The Labute approximate surface area is 112 Å². The predicted molar refractivity (Wildman–Crippen MR) is 81.2 cm³/mol. The number of rotatable bonds is 0.